The number of hydrogen-bond acceptors (Lipinski definition) is 6. The maximum Gasteiger partial charge on any atom is 0.241 e. The zero-order valence-electron chi connectivity index (χ0n) is 13.7. The fraction of sp³-hybridized carbons (Fsp3) is 0.533. The van der Waals surface area contributed by atoms with Gasteiger partial charge >= 0.3 is 0 Å². The molecule has 0 aliphatic carbocycles. The van der Waals surface area contributed by atoms with E-state index >= 15 is 0 Å². The quantitative estimate of drug-likeness (QED) is 0.691. The summed E-state index contributed by atoms with van der Waals surface area (Å²) in [5, 5.41) is 2.74. The molecule has 8 nitrogen and oxygen atoms in total. The Bertz CT molecular complexity index is 686. The third-order valence-corrected chi connectivity index (χ3v) is 4.43. The van der Waals surface area contributed by atoms with Gasteiger partial charge in [-0.1, -0.05) is 0 Å². The summed E-state index contributed by atoms with van der Waals surface area (Å²) in [7, 11) is -2.00. The first-order chi connectivity index (χ1) is 11.3. The predicted octanol–water partition coefficient (Wildman–Crippen LogP) is 0.759. The van der Waals surface area contributed by atoms with Gasteiger partial charge in [0.05, 0.1) is 25.1 Å². The molecule has 1 aromatic carbocycles. The highest BCUT2D eigenvalue weighted by Crippen LogP contribution is 2.29. The lowest BCUT2D eigenvalue weighted by molar-refractivity contribution is -0.119. The van der Waals surface area contributed by atoms with E-state index in [1.165, 1.54) is 13.2 Å². The fourth-order valence-corrected chi connectivity index (χ4v) is 3.14. The van der Waals surface area contributed by atoms with Gasteiger partial charge in [-0.15, -0.1) is 0 Å². The zero-order valence-corrected chi connectivity index (χ0v) is 14.6. The molecule has 1 aliphatic rings. The number of benzene rings is 1. The molecule has 1 aliphatic heterocycles. The molecule has 0 bridgehead atoms. The van der Waals surface area contributed by atoms with Crippen LogP contribution in [0.25, 0.3) is 0 Å². The van der Waals surface area contributed by atoms with Gasteiger partial charge < -0.3 is 20.5 Å². The fourth-order valence-electron chi connectivity index (χ4n) is 2.57. The molecule has 1 fully saturated rings. The molecule has 24 heavy (non-hydrogen) atoms. The highest BCUT2D eigenvalue weighted by Gasteiger charge is 2.26. The second-order valence-corrected chi connectivity index (χ2v) is 7.50. The van der Waals surface area contributed by atoms with Crippen LogP contribution in [0.3, 0.4) is 0 Å². The Morgan fingerprint density at radius 3 is 2.62 bits per heavy atom. The minimum atomic E-state index is -3.42. The van der Waals surface area contributed by atoms with Crippen LogP contribution in [0.2, 0.25) is 0 Å². The Labute approximate surface area is 141 Å². The Morgan fingerprint density at radius 2 is 2.04 bits per heavy atom. The maximum absolute atomic E-state index is 12.3. The SMILES string of the molecule is COc1cc(NC(=O)C(N)C2CCOCC2)ccc1NS(C)(=O)=O. The largest absolute Gasteiger partial charge is 0.494 e. The summed E-state index contributed by atoms with van der Waals surface area (Å²) in [5.41, 5.74) is 6.82. The van der Waals surface area contributed by atoms with E-state index in [2.05, 4.69) is 10.0 Å². The molecule has 0 saturated carbocycles. The van der Waals surface area contributed by atoms with E-state index in [9.17, 15) is 13.2 Å². The maximum atomic E-state index is 12.3. The number of amides is 1. The van der Waals surface area contributed by atoms with Crippen molar-refractivity contribution in [1.29, 1.82) is 0 Å². The van der Waals surface area contributed by atoms with Crippen LogP contribution in [0, 0.1) is 5.92 Å². The van der Waals surface area contributed by atoms with Crippen molar-refractivity contribution in [2.45, 2.75) is 18.9 Å². The topological polar surface area (TPSA) is 120 Å². The smallest absolute Gasteiger partial charge is 0.241 e. The third-order valence-electron chi connectivity index (χ3n) is 3.84. The van der Waals surface area contributed by atoms with Gasteiger partial charge in [-0.05, 0) is 30.9 Å². The molecule has 1 amide bonds. The molecular weight excluding hydrogens is 334 g/mol. The third kappa shape index (κ3) is 5.08. The number of carbonyl (C=O) groups is 1. The number of sulfonamides is 1. The second kappa shape index (κ2) is 7.82. The molecular formula is C15H23N3O5S. The van der Waals surface area contributed by atoms with Gasteiger partial charge in [0.2, 0.25) is 15.9 Å². The highest BCUT2D eigenvalue weighted by atomic mass is 32.2. The molecule has 1 atom stereocenters. The van der Waals surface area contributed by atoms with Crippen molar-refractivity contribution in [3.05, 3.63) is 18.2 Å². The number of methoxy groups -OCH3 is 1. The van der Waals surface area contributed by atoms with Gasteiger partial charge in [0, 0.05) is 25.0 Å². The number of rotatable bonds is 6. The van der Waals surface area contributed by atoms with Crippen molar-refractivity contribution in [3.63, 3.8) is 0 Å². The van der Waals surface area contributed by atoms with Crippen LogP contribution in [0.1, 0.15) is 12.8 Å². The van der Waals surface area contributed by atoms with Gasteiger partial charge in [-0.3, -0.25) is 9.52 Å². The Kier molecular flexibility index (Phi) is 6.03. The summed E-state index contributed by atoms with van der Waals surface area (Å²) in [6.45, 7) is 1.23. The van der Waals surface area contributed by atoms with Crippen LogP contribution in [0.5, 0.6) is 5.75 Å². The van der Waals surface area contributed by atoms with Crippen LogP contribution in [-0.2, 0) is 19.6 Å². The standard InChI is InChI=1S/C15H23N3O5S/c1-22-13-9-11(3-4-12(13)18-24(2,20)21)17-15(19)14(16)10-5-7-23-8-6-10/h3-4,9-10,14,18H,5-8,16H2,1-2H3,(H,17,19). The first-order valence-electron chi connectivity index (χ1n) is 7.60. The molecule has 2 rings (SSSR count). The summed E-state index contributed by atoms with van der Waals surface area (Å²) >= 11 is 0. The number of anilines is 2. The predicted molar refractivity (Wildman–Crippen MR) is 91.6 cm³/mol. The molecule has 1 saturated heterocycles. The zero-order chi connectivity index (χ0) is 17.7. The lowest BCUT2D eigenvalue weighted by Crippen LogP contribution is -2.44. The summed E-state index contributed by atoms with van der Waals surface area (Å²) in [4.78, 5) is 12.3. The Hall–Kier alpha value is -1.84. The first-order valence-corrected chi connectivity index (χ1v) is 9.49. The first kappa shape index (κ1) is 18.5. The van der Waals surface area contributed by atoms with Crippen molar-refractivity contribution in [2.75, 3.05) is 36.6 Å². The Morgan fingerprint density at radius 1 is 1.38 bits per heavy atom. The molecule has 1 unspecified atom stereocenters. The van der Waals surface area contributed by atoms with E-state index in [-0.39, 0.29) is 11.8 Å². The normalized spacial score (nSPS) is 17.1. The van der Waals surface area contributed by atoms with Crippen LogP contribution in [-0.4, -0.2) is 46.9 Å². The number of nitrogens with two attached hydrogens (primary N) is 1. The molecule has 0 radical (unpaired) electrons. The van der Waals surface area contributed by atoms with E-state index in [1.807, 2.05) is 0 Å². The van der Waals surface area contributed by atoms with Crippen molar-refractivity contribution in [1.82, 2.24) is 0 Å². The molecule has 0 spiro atoms. The number of nitrogens with one attached hydrogen (secondary N) is 2. The molecule has 4 N–H and O–H groups in total. The van der Waals surface area contributed by atoms with Gasteiger partial charge in [-0.25, -0.2) is 8.42 Å². The van der Waals surface area contributed by atoms with E-state index in [4.69, 9.17) is 15.2 Å². The van der Waals surface area contributed by atoms with Crippen LogP contribution in [0.15, 0.2) is 18.2 Å². The van der Waals surface area contributed by atoms with Crippen molar-refractivity contribution in [2.24, 2.45) is 11.7 Å². The van der Waals surface area contributed by atoms with Crippen molar-refractivity contribution in [3.8, 4) is 5.75 Å². The lowest BCUT2D eigenvalue weighted by Gasteiger charge is -2.26. The van der Waals surface area contributed by atoms with Gasteiger partial charge in [0.25, 0.3) is 0 Å². The number of carbonyl (C=O) groups excluding carboxylic acids is 1. The van der Waals surface area contributed by atoms with Crippen LogP contribution in [0.4, 0.5) is 11.4 Å². The van der Waals surface area contributed by atoms with Gasteiger partial charge in [-0.2, -0.15) is 0 Å². The molecule has 9 heteroatoms. The lowest BCUT2D eigenvalue weighted by atomic mass is 9.92. The van der Waals surface area contributed by atoms with Crippen molar-refractivity contribution < 1.29 is 22.7 Å². The van der Waals surface area contributed by atoms with E-state index < -0.39 is 16.1 Å². The van der Waals surface area contributed by atoms with E-state index in [1.54, 1.807) is 12.1 Å². The summed E-state index contributed by atoms with van der Waals surface area (Å²) in [5.74, 6) is 0.109. The average molecular weight is 357 g/mol. The monoisotopic (exact) mass is 357 g/mol. The molecule has 134 valence electrons. The van der Waals surface area contributed by atoms with E-state index in [0.717, 1.165) is 19.1 Å². The minimum absolute atomic E-state index is 0.0896. The summed E-state index contributed by atoms with van der Waals surface area (Å²) in [6, 6.07) is 4.04. The number of hydrogen-bond donors (Lipinski definition) is 3. The second-order valence-electron chi connectivity index (χ2n) is 5.75. The summed E-state index contributed by atoms with van der Waals surface area (Å²) < 4.78 is 35.5. The van der Waals surface area contributed by atoms with Crippen molar-refractivity contribution >= 4 is 27.3 Å². The summed E-state index contributed by atoms with van der Waals surface area (Å²) in [6.07, 6.45) is 2.57. The van der Waals surface area contributed by atoms with Crippen LogP contribution >= 0.6 is 0 Å². The van der Waals surface area contributed by atoms with Crippen LogP contribution < -0.4 is 20.5 Å². The molecule has 1 heterocycles. The number of ether oxygens (including phenoxy) is 2. The minimum Gasteiger partial charge on any atom is -0.494 e. The average Bonchev–Trinajstić information content (AvgIpc) is 2.55. The van der Waals surface area contributed by atoms with Gasteiger partial charge in [0.15, 0.2) is 0 Å². The van der Waals surface area contributed by atoms with Gasteiger partial charge in [0.1, 0.15) is 5.75 Å². The van der Waals surface area contributed by atoms with E-state index in [0.29, 0.717) is 30.3 Å². The molecule has 0 aromatic heterocycles. The molecule has 1 aromatic rings. The Balaban J connectivity index is 2.07. The highest BCUT2D eigenvalue weighted by molar-refractivity contribution is 7.92.